The highest BCUT2D eigenvalue weighted by Gasteiger charge is 2.42. The lowest BCUT2D eigenvalue weighted by Gasteiger charge is -2.39. The Hall–Kier alpha value is -2.70. The highest BCUT2D eigenvalue weighted by Crippen LogP contribution is 2.39. The largest absolute Gasteiger partial charge is 0.465 e. The molecule has 120 valence electrons. The second kappa shape index (κ2) is 6.20. The number of rotatable bonds is 4. The van der Waals surface area contributed by atoms with Gasteiger partial charge in [0.2, 0.25) is 0 Å². The Kier molecular flexibility index (Phi) is 4.10. The molecule has 1 N–H and O–H groups in total. The fraction of sp³-hybridized carbons (Fsp3) is 0.375. The van der Waals surface area contributed by atoms with E-state index in [2.05, 4.69) is 22.0 Å². The third kappa shape index (κ3) is 2.81. The highest BCUT2D eigenvalue weighted by molar-refractivity contribution is 5.65. The summed E-state index contributed by atoms with van der Waals surface area (Å²) in [6, 6.07) is 10.0. The number of carbonyl (C=O) groups is 1. The molecule has 1 saturated heterocycles. The zero-order valence-electron chi connectivity index (χ0n) is 12.8. The van der Waals surface area contributed by atoms with Crippen LogP contribution in [0, 0.1) is 0 Å². The van der Waals surface area contributed by atoms with Gasteiger partial charge in [-0.15, -0.1) is 16.8 Å². The lowest BCUT2D eigenvalue weighted by molar-refractivity contribution is 0.121. The number of hydrogen-bond acceptors (Lipinski definition) is 4. The van der Waals surface area contributed by atoms with Gasteiger partial charge < -0.3 is 10.0 Å². The van der Waals surface area contributed by atoms with Gasteiger partial charge in [-0.1, -0.05) is 36.4 Å². The van der Waals surface area contributed by atoms with E-state index in [-0.39, 0.29) is 0 Å². The first-order valence-corrected chi connectivity index (χ1v) is 7.58. The van der Waals surface area contributed by atoms with Crippen molar-refractivity contribution >= 4 is 6.09 Å². The van der Waals surface area contributed by atoms with Crippen molar-refractivity contribution in [2.45, 2.75) is 24.8 Å². The van der Waals surface area contributed by atoms with E-state index in [0.717, 1.165) is 5.56 Å². The van der Waals surface area contributed by atoms with Crippen molar-refractivity contribution in [2.24, 2.45) is 0 Å². The Morgan fingerprint density at radius 3 is 2.61 bits per heavy atom. The maximum atomic E-state index is 11.2. The molecule has 0 atom stereocenters. The van der Waals surface area contributed by atoms with Crippen LogP contribution >= 0.6 is 0 Å². The summed E-state index contributed by atoms with van der Waals surface area (Å²) in [5.41, 5.74) is 0.704. The molecule has 0 radical (unpaired) electrons. The molecule has 1 fully saturated rings. The van der Waals surface area contributed by atoms with Crippen LogP contribution in [0.3, 0.4) is 0 Å². The van der Waals surface area contributed by atoms with Crippen molar-refractivity contribution in [3.63, 3.8) is 0 Å². The van der Waals surface area contributed by atoms with Gasteiger partial charge >= 0.3 is 6.09 Å². The van der Waals surface area contributed by atoms with Gasteiger partial charge in [-0.2, -0.15) is 4.80 Å². The molecule has 1 aliphatic rings. The van der Waals surface area contributed by atoms with Gasteiger partial charge in [0.25, 0.3) is 0 Å². The second-order valence-electron chi connectivity index (χ2n) is 5.67. The molecule has 0 saturated carbocycles. The van der Waals surface area contributed by atoms with E-state index < -0.39 is 11.5 Å². The Morgan fingerprint density at radius 1 is 1.30 bits per heavy atom. The fourth-order valence-corrected chi connectivity index (χ4v) is 3.11. The smallest absolute Gasteiger partial charge is 0.407 e. The zero-order chi connectivity index (χ0) is 16.3. The van der Waals surface area contributed by atoms with E-state index in [1.54, 1.807) is 6.08 Å². The SMILES string of the molecule is C=CCn1nnc(C2(c3ccccc3)CCN(C(=O)O)CC2)n1. The molecule has 1 amide bonds. The molecule has 0 aliphatic carbocycles. The molecule has 7 heteroatoms. The van der Waals surface area contributed by atoms with E-state index in [4.69, 9.17) is 0 Å². The van der Waals surface area contributed by atoms with Crippen LogP contribution in [0.2, 0.25) is 0 Å². The van der Waals surface area contributed by atoms with E-state index in [1.165, 1.54) is 9.70 Å². The van der Waals surface area contributed by atoms with E-state index >= 15 is 0 Å². The number of aromatic nitrogens is 4. The molecule has 0 unspecified atom stereocenters. The summed E-state index contributed by atoms with van der Waals surface area (Å²) < 4.78 is 0. The molecule has 2 aromatic rings. The fourth-order valence-electron chi connectivity index (χ4n) is 3.11. The minimum Gasteiger partial charge on any atom is -0.465 e. The summed E-state index contributed by atoms with van der Waals surface area (Å²) in [7, 11) is 0. The van der Waals surface area contributed by atoms with Crippen LogP contribution < -0.4 is 0 Å². The Labute approximate surface area is 134 Å². The van der Waals surface area contributed by atoms with Crippen LogP contribution in [0.15, 0.2) is 43.0 Å². The number of tetrazole rings is 1. The maximum Gasteiger partial charge on any atom is 0.407 e. The normalized spacial score (nSPS) is 17.0. The van der Waals surface area contributed by atoms with Crippen molar-refractivity contribution in [3.05, 3.63) is 54.4 Å². The van der Waals surface area contributed by atoms with E-state index in [1.807, 2.05) is 30.3 Å². The first kappa shape index (κ1) is 15.2. The minimum atomic E-state index is -0.880. The van der Waals surface area contributed by atoms with Crippen molar-refractivity contribution in [2.75, 3.05) is 13.1 Å². The van der Waals surface area contributed by atoms with Gasteiger partial charge in [0.15, 0.2) is 5.82 Å². The zero-order valence-corrected chi connectivity index (χ0v) is 12.8. The number of hydrogen-bond donors (Lipinski definition) is 1. The Balaban J connectivity index is 1.97. The van der Waals surface area contributed by atoms with Crippen molar-refractivity contribution in [1.82, 2.24) is 25.1 Å². The van der Waals surface area contributed by atoms with Gasteiger partial charge in [0, 0.05) is 13.1 Å². The average molecular weight is 313 g/mol. The predicted molar refractivity (Wildman–Crippen MR) is 84.1 cm³/mol. The maximum absolute atomic E-state index is 11.2. The van der Waals surface area contributed by atoms with Crippen LogP contribution in [0.1, 0.15) is 24.2 Å². The summed E-state index contributed by atoms with van der Waals surface area (Å²) in [6.45, 7) is 5.10. The summed E-state index contributed by atoms with van der Waals surface area (Å²) in [4.78, 5) is 14.1. The van der Waals surface area contributed by atoms with Gasteiger partial charge in [-0.25, -0.2) is 4.79 Å². The molecular weight excluding hydrogens is 294 g/mol. The van der Waals surface area contributed by atoms with Gasteiger partial charge in [-0.3, -0.25) is 0 Å². The van der Waals surface area contributed by atoms with Crippen molar-refractivity contribution in [3.8, 4) is 0 Å². The lowest BCUT2D eigenvalue weighted by atomic mass is 9.72. The Morgan fingerprint density at radius 2 is 2.00 bits per heavy atom. The summed E-state index contributed by atoms with van der Waals surface area (Å²) >= 11 is 0. The molecule has 23 heavy (non-hydrogen) atoms. The molecule has 2 heterocycles. The van der Waals surface area contributed by atoms with Crippen LogP contribution in [0.5, 0.6) is 0 Å². The molecular formula is C16H19N5O2. The van der Waals surface area contributed by atoms with E-state index in [9.17, 15) is 9.90 Å². The number of amides is 1. The molecule has 1 aliphatic heterocycles. The molecule has 0 spiro atoms. The van der Waals surface area contributed by atoms with Gasteiger partial charge in [0.1, 0.15) is 0 Å². The molecule has 1 aromatic carbocycles. The number of nitrogens with zero attached hydrogens (tertiary/aromatic N) is 5. The first-order chi connectivity index (χ1) is 11.2. The summed E-state index contributed by atoms with van der Waals surface area (Å²) in [5.74, 6) is 0.649. The first-order valence-electron chi connectivity index (χ1n) is 7.58. The number of carboxylic acid groups (broad SMARTS) is 1. The molecule has 3 rings (SSSR count). The third-order valence-corrected chi connectivity index (χ3v) is 4.39. The molecule has 0 bridgehead atoms. The van der Waals surface area contributed by atoms with Crippen molar-refractivity contribution in [1.29, 1.82) is 0 Å². The van der Waals surface area contributed by atoms with Gasteiger partial charge in [-0.05, 0) is 23.6 Å². The molecule has 1 aromatic heterocycles. The predicted octanol–water partition coefficient (Wildman–Crippen LogP) is 1.92. The number of allylic oxidation sites excluding steroid dienone is 1. The van der Waals surface area contributed by atoms with Crippen LogP contribution in [0.4, 0.5) is 4.79 Å². The second-order valence-corrected chi connectivity index (χ2v) is 5.67. The Bertz CT molecular complexity index is 690. The average Bonchev–Trinajstić information content (AvgIpc) is 3.05. The van der Waals surface area contributed by atoms with Crippen LogP contribution in [-0.2, 0) is 12.0 Å². The quantitative estimate of drug-likeness (QED) is 0.872. The monoisotopic (exact) mass is 313 g/mol. The third-order valence-electron chi connectivity index (χ3n) is 4.39. The van der Waals surface area contributed by atoms with Crippen LogP contribution in [-0.4, -0.2) is 49.4 Å². The lowest BCUT2D eigenvalue weighted by Crippen LogP contribution is -2.45. The topological polar surface area (TPSA) is 84.1 Å². The number of likely N-dealkylation sites (tertiary alicyclic amines) is 1. The van der Waals surface area contributed by atoms with Crippen LogP contribution in [0.25, 0.3) is 0 Å². The summed E-state index contributed by atoms with van der Waals surface area (Å²) in [6.07, 6.45) is 2.12. The van der Waals surface area contributed by atoms with Crippen molar-refractivity contribution < 1.29 is 9.90 Å². The van der Waals surface area contributed by atoms with Gasteiger partial charge in [0.05, 0.1) is 12.0 Å². The number of piperidine rings is 1. The van der Waals surface area contributed by atoms with E-state index in [0.29, 0.717) is 38.3 Å². The number of benzene rings is 1. The minimum absolute atomic E-state index is 0.396. The summed E-state index contributed by atoms with van der Waals surface area (Å²) in [5, 5.41) is 22.0. The highest BCUT2D eigenvalue weighted by atomic mass is 16.4. The molecule has 7 nitrogen and oxygen atoms in total. The standard InChI is InChI=1S/C16H19N5O2/c1-2-10-21-18-14(17-19-21)16(13-6-4-3-5-7-13)8-11-20(12-9-16)15(22)23/h2-7H,1,8-12H2,(H,22,23).